The van der Waals surface area contributed by atoms with Gasteiger partial charge >= 0.3 is 0 Å². The van der Waals surface area contributed by atoms with Crippen LogP contribution in [-0.4, -0.2) is 6.54 Å². The van der Waals surface area contributed by atoms with Gasteiger partial charge in [0.1, 0.15) is 0 Å². The van der Waals surface area contributed by atoms with E-state index in [0.29, 0.717) is 0 Å². The molecule has 1 aliphatic rings. The molecule has 0 atom stereocenters. The quantitative estimate of drug-likeness (QED) is 0.781. The van der Waals surface area contributed by atoms with Crippen molar-refractivity contribution in [2.75, 3.05) is 17.6 Å². The second-order valence-corrected chi connectivity index (χ2v) is 5.77. The first-order valence-corrected chi connectivity index (χ1v) is 7.29. The first kappa shape index (κ1) is 13.3. The van der Waals surface area contributed by atoms with Crippen LogP contribution in [0.5, 0.6) is 0 Å². The molecule has 0 aromatic heterocycles. The maximum absolute atomic E-state index is 6.02. The molecule has 0 heterocycles. The number of nitrogens with two attached hydrogens (primary N) is 1. The van der Waals surface area contributed by atoms with E-state index in [0.717, 1.165) is 29.8 Å². The van der Waals surface area contributed by atoms with Crippen molar-refractivity contribution in [3.8, 4) is 0 Å². The van der Waals surface area contributed by atoms with Crippen LogP contribution in [0.25, 0.3) is 0 Å². The van der Waals surface area contributed by atoms with Gasteiger partial charge in [-0.25, -0.2) is 0 Å². The molecule has 0 unspecified atom stereocenters. The van der Waals surface area contributed by atoms with Gasteiger partial charge in [0.05, 0.1) is 11.4 Å². The first-order valence-electron chi connectivity index (χ1n) is 7.29. The van der Waals surface area contributed by atoms with Crippen LogP contribution in [0.4, 0.5) is 11.4 Å². The largest absolute Gasteiger partial charge is 0.397 e. The number of hydrogen-bond donors (Lipinski definition) is 2. The summed E-state index contributed by atoms with van der Waals surface area (Å²) in [6.45, 7) is 5.46. The summed E-state index contributed by atoms with van der Waals surface area (Å²) in [5.74, 6) is 1.80. The molecule has 1 aliphatic carbocycles. The van der Waals surface area contributed by atoms with Gasteiger partial charge < -0.3 is 11.1 Å². The number of hydrogen-bond acceptors (Lipinski definition) is 2. The van der Waals surface area contributed by atoms with Crippen molar-refractivity contribution in [2.24, 2.45) is 11.8 Å². The second-order valence-electron chi connectivity index (χ2n) is 5.77. The van der Waals surface area contributed by atoms with Gasteiger partial charge in [-0.1, -0.05) is 32.3 Å². The molecule has 100 valence electrons. The van der Waals surface area contributed by atoms with E-state index in [2.05, 4.69) is 31.3 Å². The summed E-state index contributed by atoms with van der Waals surface area (Å²) in [7, 11) is 0. The van der Waals surface area contributed by atoms with Crippen molar-refractivity contribution in [3.05, 3.63) is 23.8 Å². The summed E-state index contributed by atoms with van der Waals surface area (Å²) in [4.78, 5) is 0. The Kier molecular flexibility index (Phi) is 4.51. The van der Waals surface area contributed by atoms with Crippen LogP contribution in [-0.2, 0) is 0 Å². The second kappa shape index (κ2) is 6.12. The summed E-state index contributed by atoms with van der Waals surface area (Å²) in [6, 6.07) is 6.26. The smallest absolute Gasteiger partial charge is 0.0574 e. The molecule has 2 nitrogen and oxygen atoms in total. The number of aryl methyl sites for hydroxylation is 1. The van der Waals surface area contributed by atoms with Crippen LogP contribution in [0.1, 0.15) is 44.6 Å². The Morgan fingerprint density at radius 1 is 1.17 bits per heavy atom. The zero-order valence-corrected chi connectivity index (χ0v) is 11.7. The molecule has 1 aromatic carbocycles. The van der Waals surface area contributed by atoms with Gasteiger partial charge in [-0.3, -0.25) is 0 Å². The van der Waals surface area contributed by atoms with Gasteiger partial charge in [0.25, 0.3) is 0 Å². The predicted molar refractivity (Wildman–Crippen MR) is 79.8 cm³/mol. The highest BCUT2D eigenvalue weighted by Gasteiger charge is 2.19. The molecule has 0 bridgehead atoms. The Labute approximate surface area is 111 Å². The molecular formula is C16H26N2. The van der Waals surface area contributed by atoms with Crippen LogP contribution < -0.4 is 11.1 Å². The van der Waals surface area contributed by atoms with E-state index in [1.54, 1.807) is 0 Å². The molecule has 1 saturated carbocycles. The summed E-state index contributed by atoms with van der Waals surface area (Å²) in [5, 5.41) is 3.52. The SMILES string of the molecule is CCC1CCC(CNc2ccc(C)cc2N)CC1. The normalized spacial score (nSPS) is 23.9. The molecule has 0 amide bonds. The van der Waals surface area contributed by atoms with Crippen molar-refractivity contribution in [1.82, 2.24) is 0 Å². The molecule has 2 rings (SSSR count). The van der Waals surface area contributed by atoms with Gasteiger partial charge in [-0.05, 0) is 49.3 Å². The zero-order valence-electron chi connectivity index (χ0n) is 11.7. The average molecular weight is 246 g/mol. The lowest BCUT2D eigenvalue weighted by atomic mass is 9.81. The maximum Gasteiger partial charge on any atom is 0.0574 e. The molecule has 3 N–H and O–H groups in total. The number of nitrogens with one attached hydrogen (secondary N) is 1. The third-order valence-corrected chi connectivity index (χ3v) is 4.33. The van der Waals surface area contributed by atoms with Gasteiger partial charge in [0.2, 0.25) is 0 Å². The van der Waals surface area contributed by atoms with E-state index in [-0.39, 0.29) is 0 Å². The van der Waals surface area contributed by atoms with E-state index in [4.69, 9.17) is 5.73 Å². The Morgan fingerprint density at radius 2 is 1.83 bits per heavy atom. The lowest BCUT2D eigenvalue weighted by Gasteiger charge is -2.28. The van der Waals surface area contributed by atoms with E-state index in [1.165, 1.54) is 37.7 Å². The summed E-state index contributed by atoms with van der Waals surface area (Å²) >= 11 is 0. The van der Waals surface area contributed by atoms with E-state index < -0.39 is 0 Å². The van der Waals surface area contributed by atoms with Gasteiger partial charge in [-0.2, -0.15) is 0 Å². The first-order chi connectivity index (χ1) is 8.69. The minimum Gasteiger partial charge on any atom is -0.397 e. The van der Waals surface area contributed by atoms with Gasteiger partial charge in [0, 0.05) is 6.54 Å². The molecule has 2 heteroatoms. The standard InChI is InChI=1S/C16H26N2/c1-3-13-5-7-14(8-6-13)11-18-16-9-4-12(2)10-15(16)17/h4,9-10,13-14,18H,3,5-8,11,17H2,1-2H3. The lowest BCUT2D eigenvalue weighted by Crippen LogP contribution is -2.21. The highest BCUT2D eigenvalue weighted by Crippen LogP contribution is 2.31. The Morgan fingerprint density at radius 3 is 2.44 bits per heavy atom. The van der Waals surface area contributed by atoms with E-state index in [1.807, 2.05) is 6.07 Å². The number of anilines is 2. The van der Waals surface area contributed by atoms with Crippen LogP contribution >= 0.6 is 0 Å². The molecular weight excluding hydrogens is 220 g/mol. The van der Waals surface area contributed by atoms with Crippen molar-refractivity contribution >= 4 is 11.4 Å². The highest BCUT2D eigenvalue weighted by atomic mass is 14.9. The molecule has 1 aromatic rings. The molecule has 1 fully saturated rings. The van der Waals surface area contributed by atoms with Crippen LogP contribution in [0.3, 0.4) is 0 Å². The van der Waals surface area contributed by atoms with Crippen molar-refractivity contribution in [3.63, 3.8) is 0 Å². The fourth-order valence-corrected chi connectivity index (χ4v) is 2.94. The molecule has 18 heavy (non-hydrogen) atoms. The summed E-state index contributed by atoms with van der Waals surface area (Å²) in [5.41, 5.74) is 9.21. The molecule has 0 spiro atoms. The number of benzene rings is 1. The maximum atomic E-state index is 6.02. The highest BCUT2D eigenvalue weighted by molar-refractivity contribution is 5.66. The molecule has 0 radical (unpaired) electrons. The Bertz CT molecular complexity index is 379. The third-order valence-electron chi connectivity index (χ3n) is 4.33. The van der Waals surface area contributed by atoms with Gasteiger partial charge in [-0.15, -0.1) is 0 Å². The topological polar surface area (TPSA) is 38.0 Å². The van der Waals surface area contributed by atoms with Gasteiger partial charge in [0.15, 0.2) is 0 Å². The Balaban J connectivity index is 1.81. The number of nitrogen functional groups attached to an aromatic ring is 1. The fourth-order valence-electron chi connectivity index (χ4n) is 2.94. The van der Waals surface area contributed by atoms with Crippen molar-refractivity contribution in [1.29, 1.82) is 0 Å². The minimum atomic E-state index is 0.827. The van der Waals surface area contributed by atoms with Crippen LogP contribution in [0, 0.1) is 18.8 Å². The zero-order chi connectivity index (χ0) is 13.0. The van der Waals surface area contributed by atoms with Crippen molar-refractivity contribution in [2.45, 2.75) is 46.0 Å². The van der Waals surface area contributed by atoms with Crippen molar-refractivity contribution < 1.29 is 0 Å². The summed E-state index contributed by atoms with van der Waals surface area (Å²) < 4.78 is 0. The molecule has 0 aliphatic heterocycles. The monoisotopic (exact) mass is 246 g/mol. The van der Waals surface area contributed by atoms with Crippen LogP contribution in [0.15, 0.2) is 18.2 Å². The Hall–Kier alpha value is -1.18. The third kappa shape index (κ3) is 3.41. The number of rotatable bonds is 4. The predicted octanol–water partition coefficient (Wildman–Crippen LogP) is 4.21. The lowest BCUT2D eigenvalue weighted by molar-refractivity contribution is 0.278. The van der Waals surface area contributed by atoms with E-state index in [9.17, 15) is 0 Å². The van der Waals surface area contributed by atoms with Crippen LogP contribution in [0.2, 0.25) is 0 Å². The summed E-state index contributed by atoms with van der Waals surface area (Å²) in [6.07, 6.45) is 6.91. The molecule has 0 saturated heterocycles. The van der Waals surface area contributed by atoms with E-state index >= 15 is 0 Å². The fraction of sp³-hybridized carbons (Fsp3) is 0.625. The minimum absolute atomic E-state index is 0.827. The average Bonchev–Trinajstić information content (AvgIpc) is 2.38.